The van der Waals surface area contributed by atoms with E-state index in [-0.39, 0.29) is 0 Å². The number of fused-ring (bicyclic) bond motifs is 1. The lowest BCUT2D eigenvalue weighted by Gasteiger charge is -2.38. The van der Waals surface area contributed by atoms with E-state index in [2.05, 4.69) is 29.3 Å². The Morgan fingerprint density at radius 1 is 1.25 bits per heavy atom. The third-order valence-corrected chi connectivity index (χ3v) is 5.43. The maximum Gasteiger partial charge on any atom is 0.144 e. The summed E-state index contributed by atoms with van der Waals surface area (Å²) < 4.78 is 12.6. The van der Waals surface area contributed by atoms with Crippen LogP contribution in [0.15, 0.2) is 10.7 Å². The summed E-state index contributed by atoms with van der Waals surface area (Å²) in [5.74, 6) is 0.907. The second kappa shape index (κ2) is 5.67. The van der Waals surface area contributed by atoms with Crippen molar-refractivity contribution in [3.05, 3.63) is 28.9 Å². The summed E-state index contributed by atoms with van der Waals surface area (Å²) in [6.45, 7) is 6.20. The zero-order chi connectivity index (χ0) is 16.8. The summed E-state index contributed by atoms with van der Waals surface area (Å²) in [5, 5.41) is 23.5. The fourth-order valence-electron chi connectivity index (χ4n) is 3.54. The Hall–Kier alpha value is -1.73. The highest BCUT2D eigenvalue weighted by Crippen LogP contribution is 2.44. The molecule has 0 spiro atoms. The van der Waals surface area contributed by atoms with Gasteiger partial charge in [-0.05, 0) is 31.1 Å². The van der Waals surface area contributed by atoms with Crippen molar-refractivity contribution < 1.29 is 14.4 Å². The minimum atomic E-state index is -0.861. The summed E-state index contributed by atoms with van der Waals surface area (Å²) in [6.07, 6.45) is 6.04. The van der Waals surface area contributed by atoms with E-state index >= 15 is 0 Å². The van der Waals surface area contributed by atoms with Crippen LogP contribution in [-0.2, 0) is 29.9 Å². The average molecular weight is 332 g/mol. The molecule has 3 heterocycles. The van der Waals surface area contributed by atoms with Gasteiger partial charge in [0.2, 0.25) is 0 Å². The molecule has 1 aliphatic heterocycles. The Balaban J connectivity index is 1.50. The highest BCUT2D eigenvalue weighted by molar-refractivity contribution is 5.24. The monoisotopic (exact) mass is 332 g/mol. The molecule has 2 aliphatic rings. The molecule has 7 nitrogen and oxygen atoms in total. The molecule has 0 unspecified atom stereocenters. The number of aromatic nitrogens is 4. The molecule has 24 heavy (non-hydrogen) atoms. The van der Waals surface area contributed by atoms with Crippen molar-refractivity contribution in [1.29, 1.82) is 0 Å². The Bertz CT molecular complexity index is 724. The van der Waals surface area contributed by atoms with E-state index < -0.39 is 5.60 Å². The van der Waals surface area contributed by atoms with E-state index in [1.54, 1.807) is 4.68 Å². The van der Waals surface area contributed by atoms with Crippen molar-refractivity contribution in [2.75, 3.05) is 6.61 Å². The summed E-state index contributed by atoms with van der Waals surface area (Å²) >= 11 is 0. The maximum atomic E-state index is 10.9. The van der Waals surface area contributed by atoms with Crippen LogP contribution >= 0.6 is 0 Å². The van der Waals surface area contributed by atoms with E-state index in [0.717, 1.165) is 49.1 Å². The molecule has 0 saturated heterocycles. The van der Waals surface area contributed by atoms with Gasteiger partial charge in [-0.2, -0.15) is 0 Å². The zero-order valence-corrected chi connectivity index (χ0v) is 14.3. The zero-order valence-electron chi connectivity index (χ0n) is 14.3. The third-order valence-electron chi connectivity index (χ3n) is 5.43. The fourth-order valence-corrected chi connectivity index (χ4v) is 3.54. The summed E-state index contributed by atoms with van der Waals surface area (Å²) in [5.41, 5.74) is 1.95. The van der Waals surface area contributed by atoms with Crippen molar-refractivity contribution in [3.63, 3.8) is 0 Å². The second-order valence-electron chi connectivity index (χ2n) is 7.83. The Morgan fingerprint density at radius 3 is 2.83 bits per heavy atom. The second-order valence-corrected chi connectivity index (χ2v) is 7.83. The highest BCUT2D eigenvalue weighted by atomic mass is 16.5. The minimum Gasteiger partial charge on any atom is -0.383 e. The molecule has 0 bridgehead atoms. The van der Waals surface area contributed by atoms with Gasteiger partial charge in [0.25, 0.3) is 0 Å². The fraction of sp³-hybridized carbons (Fsp3) is 0.706. The molecule has 1 aliphatic carbocycles. The van der Waals surface area contributed by atoms with Crippen LogP contribution in [0.1, 0.15) is 62.2 Å². The van der Waals surface area contributed by atoms with Crippen molar-refractivity contribution in [3.8, 4) is 0 Å². The topological polar surface area (TPSA) is 86.2 Å². The lowest BCUT2D eigenvalue weighted by atomic mass is 9.70. The number of hydrogen-bond donors (Lipinski definition) is 1. The molecule has 1 N–H and O–H groups in total. The molecule has 0 radical (unpaired) electrons. The van der Waals surface area contributed by atoms with Crippen molar-refractivity contribution in [1.82, 2.24) is 20.2 Å². The first-order chi connectivity index (χ1) is 11.5. The Morgan fingerprint density at radius 2 is 2.04 bits per heavy atom. The van der Waals surface area contributed by atoms with Gasteiger partial charge in [0.15, 0.2) is 0 Å². The van der Waals surface area contributed by atoms with E-state index in [9.17, 15) is 5.11 Å². The van der Waals surface area contributed by atoms with Crippen LogP contribution in [0.3, 0.4) is 0 Å². The van der Waals surface area contributed by atoms with Crippen LogP contribution in [0.5, 0.6) is 0 Å². The number of hydrogen-bond acceptors (Lipinski definition) is 6. The predicted octanol–water partition coefficient (Wildman–Crippen LogP) is 2.17. The van der Waals surface area contributed by atoms with Gasteiger partial charge >= 0.3 is 0 Å². The van der Waals surface area contributed by atoms with Gasteiger partial charge in [-0.1, -0.05) is 24.2 Å². The van der Waals surface area contributed by atoms with E-state index in [0.29, 0.717) is 30.9 Å². The van der Waals surface area contributed by atoms with Gasteiger partial charge in [-0.3, -0.25) is 0 Å². The van der Waals surface area contributed by atoms with Crippen LogP contribution in [0, 0.1) is 5.41 Å². The van der Waals surface area contributed by atoms with Crippen LogP contribution in [0.4, 0.5) is 0 Å². The van der Waals surface area contributed by atoms with Crippen LogP contribution in [-0.4, -0.2) is 31.9 Å². The Kier molecular flexibility index (Phi) is 3.73. The van der Waals surface area contributed by atoms with Crippen LogP contribution in [0.2, 0.25) is 0 Å². The molecule has 7 heteroatoms. The molecule has 0 amide bonds. The summed E-state index contributed by atoms with van der Waals surface area (Å²) in [7, 11) is 0. The smallest absolute Gasteiger partial charge is 0.144 e. The third kappa shape index (κ3) is 2.86. The number of rotatable bonds is 3. The van der Waals surface area contributed by atoms with Crippen molar-refractivity contribution >= 4 is 0 Å². The molecule has 2 aromatic heterocycles. The first-order valence-corrected chi connectivity index (χ1v) is 8.62. The maximum absolute atomic E-state index is 10.9. The van der Waals surface area contributed by atoms with Crippen LogP contribution in [0.25, 0.3) is 0 Å². The van der Waals surface area contributed by atoms with Crippen molar-refractivity contribution in [2.45, 2.75) is 64.7 Å². The van der Waals surface area contributed by atoms with Gasteiger partial charge < -0.3 is 14.4 Å². The first kappa shape index (κ1) is 15.8. The summed E-state index contributed by atoms with van der Waals surface area (Å²) in [4.78, 5) is 0. The SMILES string of the molecule is CC1(C)CCC(O)(c2cn(Cc3noc4c3COCC4)nn2)CC1. The number of ether oxygens (including phenoxy) is 1. The van der Waals surface area contributed by atoms with Crippen LogP contribution < -0.4 is 0 Å². The van der Waals surface area contributed by atoms with Gasteiger partial charge in [0.05, 0.1) is 26.0 Å². The van der Waals surface area contributed by atoms with E-state index in [1.165, 1.54) is 0 Å². The van der Waals surface area contributed by atoms with E-state index in [1.807, 2.05) is 6.20 Å². The molecule has 2 aromatic rings. The minimum absolute atomic E-state index is 0.294. The molecule has 0 atom stereocenters. The quantitative estimate of drug-likeness (QED) is 0.927. The standard InChI is InChI=1S/C17H24N4O3/c1-16(2)4-6-17(22,7-5-16)15-10-21(20-18-15)9-13-12-11-23-8-3-14(12)24-19-13/h10,22H,3-9,11H2,1-2H3. The lowest BCUT2D eigenvalue weighted by molar-refractivity contribution is -0.0340. The molecule has 4 rings (SSSR count). The van der Waals surface area contributed by atoms with Gasteiger partial charge in [-0.15, -0.1) is 5.10 Å². The van der Waals surface area contributed by atoms with Gasteiger partial charge in [-0.25, -0.2) is 4.68 Å². The number of nitrogens with zero attached hydrogens (tertiary/aromatic N) is 4. The first-order valence-electron chi connectivity index (χ1n) is 8.62. The van der Waals surface area contributed by atoms with Gasteiger partial charge in [0, 0.05) is 12.0 Å². The molecule has 130 valence electrons. The highest BCUT2D eigenvalue weighted by Gasteiger charge is 2.40. The molecular formula is C17H24N4O3. The molecule has 0 aromatic carbocycles. The van der Waals surface area contributed by atoms with Gasteiger partial charge in [0.1, 0.15) is 22.7 Å². The number of aliphatic hydroxyl groups is 1. The molecule has 1 saturated carbocycles. The average Bonchev–Trinajstić information content (AvgIpc) is 3.19. The molecule has 1 fully saturated rings. The predicted molar refractivity (Wildman–Crippen MR) is 85.1 cm³/mol. The lowest BCUT2D eigenvalue weighted by Crippen LogP contribution is -2.34. The molecular weight excluding hydrogens is 308 g/mol. The van der Waals surface area contributed by atoms with Crippen molar-refractivity contribution in [2.24, 2.45) is 5.41 Å². The Labute approximate surface area is 141 Å². The summed E-state index contributed by atoms with van der Waals surface area (Å²) in [6, 6.07) is 0. The largest absolute Gasteiger partial charge is 0.383 e. The normalized spacial score (nSPS) is 22.3. The van der Waals surface area contributed by atoms with E-state index in [4.69, 9.17) is 9.26 Å².